The van der Waals surface area contributed by atoms with Crippen LogP contribution in [-0.4, -0.2) is 27.9 Å². The smallest absolute Gasteiger partial charge is 0.356 e. The highest BCUT2D eigenvalue weighted by Gasteiger charge is 2.21. The molecule has 0 amide bonds. The van der Waals surface area contributed by atoms with Gasteiger partial charge in [0.15, 0.2) is 16.6 Å². The van der Waals surface area contributed by atoms with Crippen LogP contribution in [0.5, 0.6) is 0 Å². The van der Waals surface area contributed by atoms with Crippen molar-refractivity contribution in [3.8, 4) is 0 Å². The number of aromatic carboxylic acids is 1. The molecule has 0 aliphatic carbocycles. The first-order valence-corrected chi connectivity index (χ1v) is 6.16. The molecule has 1 unspecified atom stereocenters. The summed E-state index contributed by atoms with van der Waals surface area (Å²) in [5.41, 5.74) is -0.166. The monoisotopic (exact) mass is 256 g/mol. The Bertz CT molecular complexity index is 408. The summed E-state index contributed by atoms with van der Waals surface area (Å²) in [6.45, 7) is 7.43. The number of nitrogens with zero attached hydrogens (tertiary/aromatic N) is 1. The summed E-state index contributed by atoms with van der Waals surface area (Å²) in [4.78, 5) is 26.3. The van der Waals surface area contributed by atoms with Gasteiger partial charge < -0.3 is 10.4 Å². The number of Topliss-reactive ketones (excluding diaryl/α,β-unsaturated/α-hetero) is 1. The van der Waals surface area contributed by atoms with Crippen LogP contribution in [0.3, 0.4) is 0 Å². The number of anilines is 1. The Morgan fingerprint density at radius 3 is 2.29 bits per heavy atom. The molecule has 17 heavy (non-hydrogen) atoms. The maximum atomic E-state index is 11.3. The number of rotatable bonds is 5. The molecule has 94 valence electrons. The fourth-order valence-corrected chi connectivity index (χ4v) is 2.08. The van der Waals surface area contributed by atoms with Crippen molar-refractivity contribution in [2.75, 3.05) is 5.32 Å². The van der Waals surface area contributed by atoms with Crippen LogP contribution in [0.2, 0.25) is 0 Å². The molecule has 0 aliphatic heterocycles. The van der Waals surface area contributed by atoms with Gasteiger partial charge in [-0.3, -0.25) is 4.79 Å². The standard InChI is InChI=1S/C11H16N2O3S/c1-5(2)6(3)12-11-13-8(10(15)16)9(17-11)7(4)14/h5-6H,1-4H3,(H,12,13)(H,15,16). The van der Waals surface area contributed by atoms with E-state index in [2.05, 4.69) is 24.1 Å². The van der Waals surface area contributed by atoms with Gasteiger partial charge in [-0.1, -0.05) is 25.2 Å². The number of thiazole rings is 1. The molecule has 2 N–H and O–H groups in total. The number of carbonyl (C=O) groups excluding carboxylic acids is 1. The maximum Gasteiger partial charge on any atom is 0.356 e. The van der Waals surface area contributed by atoms with Gasteiger partial charge in [0.05, 0.1) is 0 Å². The summed E-state index contributed by atoms with van der Waals surface area (Å²) in [7, 11) is 0. The van der Waals surface area contributed by atoms with Crippen molar-refractivity contribution in [3.05, 3.63) is 10.6 Å². The molecule has 1 aromatic heterocycles. The Balaban J connectivity index is 3.00. The lowest BCUT2D eigenvalue weighted by Gasteiger charge is -2.16. The maximum absolute atomic E-state index is 11.3. The third-order valence-electron chi connectivity index (χ3n) is 2.50. The third kappa shape index (κ3) is 3.26. The molecule has 0 saturated heterocycles. The van der Waals surface area contributed by atoms with Crippen molar-refractivity contribution < 1.29 is 14.7 Å². The third-order valence-corrected chi connectivity index (χ3v) is 3.59. The lowest BCUT2D eigenvalue weighted by molar-refractivity contribution is 0.0687. The average Bonchev–Trinajstić information content (AvgIpc) is 2.61. The first kappa shape index (κ1) is 13.6. The van der Waals surface area contributed by atoms with E-state index in [-0.39, 0.29) is 22.4 Å². The van der Waals surface area contributed by atoms with Crippen molar-refractivity contribution in [3.63, 3.8) is 0 Å². The molecule has 0 aliphatic rings. The van der Waals surface area contributed by atoms with Gasteiger partial charge in [0.2, 0.25) is 0 Å². The average molecular weight is 256 g/mol. The van der Waals surface area contributed by atoms with Crippen LogP contribution < -0.4 is 5.32 Å². The van der Waals surface area contributed by atoms with Crippen molar-refractivity contribution in [1.29, 1.82) is 0 Å². The highest BCUT2D eigenvalue weighted by molar-refractivity contribution is 7.17. The number of hydrogen-bond acceptors (Lipinski definition) is 5. The van der Waals surface area contributed by atoms with Crippen LogP contribution in [0.4, 0.5) is 5.13 Å². The number of carboxylic acid groups (broad SMARTS) is 1. The van der Waals surface area contributed by atoms with E-state index in [1.807, 2.05) is 6.92 Å². The second-order valence-corrected chi connectivity index (χ2v) is 5.23. The van der Waals surface area contributed by atoms with Crippen LogP contribution >= 0.6 is 11.3 Å². The van der Waals surface area contributed by atoms with Gasteiger partial charge in [0.25, 0.3) is 0 Å². The second-order valence-electron chi connectivity index (χ2n) is 4.24. The Labute approximate surface area is 104 Å². The number of aromatic nitrogens is 1. The number of carboxylic acids is 1. The van der Waals surface area contributed by atoms with Gasteiger partial charge in [-0.2, -0.15) is 0 Å². The molecule has 1 aromatic rings. The van der Waals surface area contributed by atoms with Crippen molar-refractivity contribution in [2.24, 2.45) is 5.92 Å². The zero-order valence-corrected chi connectivity index (χ0v) is 11.1. The van der Waals surface area contributed by atoms with E-state index in [1.165, 1.54) is 6.92 Å². The zero-order chi connectivity index (χ0) is 13.2. The minimum absolute atomic E-state index is 0.166. The molecule has 0 aromatic carbocycles. The summed E-state index contributed by atoms with van der Waals surface area (Å²) in [5, 5.41) is 12.5. The molecule has 1 heterocycles. The molecule has 0 saturated carbocycles. The lowest BCUT2D eigenvalue weighted by Crippen LogP contribution is -2.21. The van der Waals surface area contributed by atoms with Crippen molar-refractivity contribution >= 4 is 28.2 Å². The summed E-state index contributed by atoms with van der Waals surface area (Å²) < 4.78 is 0. The Kier molecular flexibility index (Phi) is 4.22. The number of nitrogens with one attached hydrogen (secondary N) is 1. The van der Waals surface area contributed by atoms with Gasteiger partial charge in [-0.25, -0.2) is 9.78 Å². The topological polar surface area (TPSA) is 79.3 Å². The predicted octanol–water partition coefficient (Wildman–Crippen LogP) is 2.50. The molecular weight excluding hydrogens is 240 g/mol. The molecule has 1 rings (SSSR count). The molecule has 0 fully saturated rings. The van der Waals surface area contributed by atoms with Crippen LogP contribution in [0, 0.1) is 5.92 Å². The summed E-state index contributed by atoms with van der Waals surface area (Å²) in [6.07, 6.45) is 0. The number of ketones is 1. The van der Waals surface area contributed by atoms with Gasteiger partial charge in [0, 0.05) is 13.0 Å². The van der Waals surface area contributed by atoms with Gasteiger partial charge >= 0.3 is 5.97 Å². The first-order valence-electron chi connectivity index (χ1n) is 5.34. The van der Waals surface area contributed by atoms with E-state index in [9.17, 15) is 9.59 Å². The minimum atomic E-state index is -1.17. The molecule has 6 heteroatoms. The highest BCUT2D eigenvalue weighted by atomic mass is 32.1. The molecule has 5 nitrogen and oxygen atoms in total. The van der Waals surface area contributed by atoms with Gasteiger partial charge in [-0.15, -0.1) is 0 Å². The van der Waals surface area contributed by atoms with Gasteiger partial charge in [-0.05, 0) is 12.8 Å². The quantitative estimate of drug-likeness (QED) is 0.791. The summed E-state index contributed by atoms with van der Waals surface area (Å²) >= 11 is 1.09. The van der Waals surface area contributed by atoms with Crippen molar-refractivity contribution in [1.82, 2.24) is 4.98 Å². The fraction of sp³-hybridized carbons (Fsp3) is 0.545. The largest absolute Gasteiger partial charge is 0.476 e. The highest BCUT2D eigenvalue weighted by Crippen LogP contribution is 2.25. The first-order chi connectivity index (χ1) is 7.82. The van der Waals surface area contributed by atoms with Crippen LogP contribution in [0.15, 0.2) is 0 Å². The zero-order valence-electron chi connectivity index (χ0n) is 10.3. The lowest BCUT2D eigenvalue weighted by atomic mass is 10.1. The molecular formula is C11H16N2O3S. The molecule has 0 bridgehead atoms. The van der Waals surface area contributed by atoms with E-state index in [0.717, 1.165) is 11.3 Å². The summed E-state index contributed by atoms with van der Waals surface area (Å²) in [5.74, 6) is -1.05. The molecule has 1 atom stereocenters. The normalized spacial score (nSPS) is 12.5. The SMILES string of the molecule is CC(=O)c1sc(NC(C)C(C)C)nc1C(=O)O. The Morgan fingerprint density at radius 2 is 1.94 bits per heavy atom. The second kappa shape index (κ2) is 5.27. The van der Waals surface area contributed by atoms with Gasteiger partial charge in [0.1, 0.15) is 4.88 Å². The molecule has 0 radical (unpaired) electrons. The Hall–Kier alpha value is -1.43. The van der Waals surface area contributed by atoms with Crippen molar-refractivity contribution in [2.45, 2.75) is 33.7 Å². The number of carbonyl (C=O) groups is 2. The summed E-state index contributed by atoms with van der Waals surface area (Å²) in [6, 6.07) is 0.169. The fourth-order valence-electron chi connectivity index (χ4n) is 1.13. The van der Waals surface area contributed by atoms with Crippen LogP contribution in [-0.2, 0) is 0 Å². The van der Waals surface area contributed by atoms with E-state index >= 15 is 0 Å². The van der Waals surface area contributed by atoms with Crippen LogP contribution in [0.25, 0.3) is 0 Å². The van der Waals surface area contributed by atoms with E-state index in [0.29, 0.717) is 11.0 Å². The number of hydrogen-bond donors (Lipinski definition) is 2. The predicted molar refractivity (Wildman–Crippen MR) is 67.0 cm³/mol. The van der Waals surface area contributed by atoms with E-state index in [4.69, 9.17) is 5.11 Å². The van der Waals surface area contributed by atoms with E-state index < -0.39 is 5.97 Å². The van der Waals surface area contributed by atoms with Crippen LogP contribution in [0.1, 0.15) is 47.9 Å². The minimum Gasteiger partial charge on any atom is -0.476 e. The van der Waals surface area contributed by atoms with E-state index in [1.54, 1.807) is 0 Å². The molecule has 0 spiro atoms. The Morgan fingerprint density at radius 1 is 1.35 bits per heavy atom.